The maximum atomic E-state index is 14.7. The highest BCUT2D eigenvalue weighted by molar-refractivity contribution is 5.97. The number of amides is 1. The highest BCUT2D eigenvalue weighted by atomic mass is 19.1. The molecule has 2 heterocycles. The minimum Gasteiger partial charge on any atom is -0.497 e. The average molecular weight is 401 g/mol. The quantitative estimate of drug-likeness (QED) is 0.700. The summed E-state index contributed by atoms with van der Waals surface area (Å²) in [5.41, 5.74) is 0.997. The lowest BCUT2D eigenvalue weighted by Gasteiger charge is -2.19. The number of aromatic nitrogens is 2. The number of halogens is 3. The second-order valence-electron chi connectivity index (χ2n) is 6.95. The van der Waals surface area contributed by atoms with Gasteiger partial charge in [0, 0.05) is 41.9 Å². The maximum absolute atomic E-state index is 14.7. The highest BCUT2D eigenvalue weighted by Gasteiger charge is 2.34. The number of ether oxygens (including phenoxy) is 1. The molecule has 3 aromatic rings. The fourth-order valence-corrected chi connectivity index (χ4v) is 3.67. The summed E-state index contributed by atoms with van der Waals surface area (Å²) in [6.07, 6.45) is 3.60. The normalized spacial score (nSPS) is 16.5. The summed E-state index contributed by atoms with van der Waals surface area (Å²) in [5, 5.41) is 6.29. The molecule has 0 bridgehead atoms. The van der Waals surface area contributed by atoms with Crippen molar-refractivity contribution in [2.45, 2.75) is 12.8 Å². The lowest BCUT2D eigenvalue weighted by atomic mass is 9.98. The Labute approximate surface area is 165 Å². The van der Waals surface area contributed by atoms with E-state index >= 15 is 0 Å². The molecule has 0 aliphatic carbocycles. The number of carbonyl (C=O) groups excluding carboxylic acids is 1. The van der Waals surface area contributed by atoms with Gasteiger partial charge in [-0.25, -0.2) is 13.2 Å². The van der Waals surface area contributed by atoms with E-state index in [0.29, 0.717) is 29.7 Å². The summed E-state index contributed by atoms with van der Waals surface area (Å²) < 4.78 is 48.0. The van der Waals surface area contributed by atoms with E-state index in [9.17, 15) is 18.0 Å². The average Bonchev–Trinajstić information content (AvgIpc) is 3.34. The van der Waals surface area contributed by atoms with Crippen LogP contribution in [-0.4, -0.2) is 29.8 Å². The lowest BCUT2D eigenvalue weighted by Crippen LogP contribution is -2.28. The number of methoxy groups -OCH3 is 1. The van der Waals surface area contributed by atoms with Crippen LogP contribution in [0, 0.1) is 23.4 Å². The number of rotatable bonds is 5. The first-order valence-corrected chi connectivity index (χ1v) is 9.09. The Kier molecular flexibility index (Phi) is 5.00. The van der Waals surface area contributed by atoms with E-state index in [2.05, 4.69) is 10.2 Å². The van der Waals surface area contributed by atoms with Crippen LogP contribution in [0.2, 0.25) is 0 Å². The third-order valence-corrected chi connectivity index (χ3v) is 5.10. The molecule has 5 nitrogen and oxygen atoms in total. The summed E-state index contributed by atoms with van der Waals surface area (Å²) in [5.74, 6) is -2.19. The summed E-state index contributed by atoms with van der Waals surface area (Å²) in [7, 11) is 1.44. The number of nitrogens with one attached hydrogen (secondary N) is 1. The van der Waals surface area contributed by atoms with Crippen LogP contribution in [0.4, 0.5) is 18.9 Å². The van der Waals surface area contributed by atoms with E-state index in [4.69, 9.17) is 4.74 Å². The molecule has 1 amide bonds. The molecule has 150 valence electrons. The minimum absolute atomic E-state index is 0.0649. The Balaban J connectivity index is 1.56. The predicted octanol–water partition coefficient (Wildman–Crippen LogP) is 4.10. The molecule has 0 spiro atoms. The van der Waals surface area contributed by atoms with E-state index < -0.39 is 23.4 Å². The molecule has 8 heteroatoms. The van der Waals surface area contributed by atoms with Crippen molar-refractivity contribution in [3.8, 4) is 16.9 Å². The minimum atomic E-state index is -0.691. The van der Waals surface area contributed by atoms with Gasteiger partial charge in [0.1, 0.15) is 23.2 Å². The van der Waals surface area contributed by atoms with Crippen LogP contribution in [0.1, 0.15) is 12.0 Å². The number of carbonyl (C=O) groups is 1. The zero-order valence-corrected chi connectivity index (χ0v) is 15.6. The van der Waals surface area contributed by atoms with Crippen LogP contribution < -0.4 is 9.64 Å². The van der Waals surface area contributed by atoms with E-state index in [1.54, 1.807) is 6.07 Å². The smallest absolute Gasteiger partial charge is 0.230 e. The number of aromatic amines is 1. The first-order valence-electron chi connectivity index (χ1n) is 9.09. The van der Waals surface area contributed by atoms with Crippen molar-refractivity contribution in [3.05, 3.63) is 65.7 Å². The van der Waals surface area contributed by atoms with Crippen molar-refractivity contribution < 1.29 is 22.7 Å². The summed E-state index contributed by atoms with van der Waals surface area (Å²) in [6, 6.07) is 6.36. The van der Waals surface area contributed by atoms with Crippen molar-refractivity contribution in [3.63, 3.8) is 0 Å². The SMILES string of the molecule is COc1cc(F)cc(CC2CCN(c3cc(F)c(-c4cn[nH]c4)cc3F)C2=O)c1. The molecule has 0 radical (unpaired) electrons. The predicted molar refractivity (Wildman–Crippen MR) is 101 cm³/mol. The van der Waals surface area contributed by atoms with Crippen LogP contribution in [0.5, 0.6) is 5.75 Å². The Morgan fingerprint density at radius 3 is 2.72 bits per heavy atom. The molecule has 1 unspecified atom stereocenters. The Morgan fingerprint density at radius 1 is 1.17 bits per heavy atom. The standard InChI is InChI=1S/C21H18F3N3O2/c1-29-16-6-12(5-15(22)7-16)4-13-2-3-27(21(13)28)20-9-18(23)17(8-19(20)24)14-10-25-26-11-14/h5-11,13H,2-4H2,1H3,(H,25,26). The molecule has 29 heavy (non-hydrogen) atoms. The lowest BCUT2D eigenvalue weighted by molar-refractivity contribution is -0.120. The molecule has 0 saturated carbocycles. The molecule has 2 aromatic carbocycles. The highest BCUT2D eigenvalue weighted by Crippen LogP contribution is 2.34. The zero-order chi connectivity index (χ0) is 20.5. The van der Waals surface area contributed by atoms with Crippen molar-refractivity contribution in [1.82, 2.24) is 10.2 Å². The number of H-pyrrole nitrogens is 1. The molecular weight excluding hydrogens is 383 g/mol. The van der Waals surface area contributed by atoms with E-state index in [0.717, 1.165) is 12.1 Å². The second-order valence-corrected chi connectivity index (χ2v) is 6.95. The summed E-state index contributed by atoms with van der Waals surface area (Å²) in [4.78, 5) is 14.1. The van der Waals surface area contributed by atoms with Gasteiger partial charge >= 0.3 is 0 Å². The molecule has 1 saturated heterocycles. The number of nitrogens with zero attached hydrogens (tertiary/aromatic N) is 2. The van der Waals surface area contributed by atoms with Crippen LogP contribution in [-0.2, 0) is 11.2 Å². The van der Waals surface area contributed by atoms with Crippen molar-refractivity contribution in [2.24, 2.45) is 5.92 Å². The Bertz CT molecular complexity index is 1050. The third kappa shape index (κ3) is 3.70. The van der Waals surface area contributed by atoms with Gasteiger partial charge in [-0.05, 0) is 36.6 Å². The molecule has 1 fully saturated rings. The number of benzene rings is 2. The van der Waals surface area contributed by atoms with Crippen LogP contribution >= 0.6 is 0 Å². The van der Waals surface area contributed by atoms with Crippen LogP contribution in [0.3, 0.4) is 0 Å². The first kappa shape index (κ1) is 19.0. The summed E-state index contributed by atoms with van der Waals surface area (Å²) in [6.45, 7) is 0.261. The molecular formula is C21H18F3N3O2. The second kappa shape index (κ2) is 7.62. The number of hydrogen-bond donors (Lipinski definition) is 1. The van der Waals surface area contributed by atoms with Gasteiger partial charge in [-0.1, -0.05) is 0 Å². The maximum Gasteiger partial charge on any atom is 0.230 e. The van der Waals surface area contributed by atoms with Gasteiger partial charge in [0.25, 0.3) is 0 Å². The fourth-order valence-electron chi connectivity index (χ4n) is 3.67. The van der Waals surface area contributed by atoms with Crippen LogP contribution in [0.15, 0.2) is 42.7 Å². The van der Waals surface area contributed by atoms with Crippen LogP contribution in [0.25, 0.3) is 11.1 Å². The number of anilines is 1. The Hall–Kier alpha value is -3.29. The van der Waals surface area contributed by atoms with E-state index in [1.807, 2.05) is 0 Å². The molecule has 1 aromatic heterocycles. The van der Waals surface area contributed by atoms with Gasteiger partial charge in [-0.2, -0.15) is 5.10 Å². The summed E-state index contributed by atoms with van der Waals surface area (Å²) >= 11 is 0. The van der Waals surface area contributed by atoms with Gasteiger partial charge < -0.3 is 9.64 Å². The van der Waals surface area contributed by atoms with Crippen molar-refractivity contribution >= 4 is 11.6 Å². The van der Waals surface area contributed by atoms with Gasteiger partial charge in [-0.15, -0.1) is 0 Å². The van der Waals surface area contributed by atoms with Crippen molar-refractivity contribution in [2.75, 3.05) is 18.6 Å². The molecule has 1 N–H and O–H groups in total. The third-order valence-electron chi connectivity index (χ3n) is 5.10. The van der Waals surface area contributed by atoms with Gasteiger partial charge in [0.2, 0.25) is 5.91 Å². The molecule has 1 aliphatic heterocycles. The molecule has 1 atom stereocenters. The molecule has 1 aliphatic rings. The number of hydrogen-bond acceptors (Lipinski definition) is 3. The largest absolute Gasteiger partial charge is 0.497 e. The van der Waals surface area contributed by atoms with Gasteiger partial charge in [0.05, 0.1) is 19.0 Å². The van der Waals surface area contributed by atoms with E-state index in [-0.39, 0.29) is 23.7 Å². The van der Waals surface area contributed by atoms with Crippen molar-refractivity contribution in [1.29, 1.82) is 0 Å². The van der Waals surface area contributed by atoms with Gasteiger partial charge in [-0.3, -0.25) is 9.89 Å². The first-order chi connectivity index (χ1) is 14.0. The fraction of sp³-hybridized carbons (Fsp3) is 0.238. The molecule has 4 rings (SSSR count). The zero-order valence-electron chi connectivity index (χ0n) is 15.6. The van der Waals surface area contributed by atoms with E-state index in [1.165, 1.54) is 36.5 Å². The topological polar surface area (TPSA) is 58.2 Å². The monoisotopic (exact) mass is 401 g/mol. The van der Waals surface area contributed by atoms with Gasteiger partial charge in [0.15, 0.2) is 0 Å². The Morgan fingerprint density at radius 2 is 2.00 bits per heavy atom.